The predicted octanol–water partition coefficient (Wildman–Crippen LogP) is 1.59. The van der Waals surface area contributed by atoms with Crippen LogP contribution in [0.25, 0.3) is 0 Å². The van der Waals surface area contributed by atoms with E-state index in [9.17, 15) is 13.2 Å². The van der Waals surface area contributed by atoms with Gasteiger partial charge in [-0.1, -0.05) is 36.4 Å². The van der Waals surface area contributed by atoms with Crippen molar-refractivity contribution in [3.05, 3.63) is 47.5 Å². The van der Waals surface area contributed by atoms with Gasteiger partial charge in [0.05, 0.1) is 11.8 Å². The number of hydrogen-bond acceptors (Lipinski definition) is 4. The number of amides is 1. The van der Waals surface area contributed by atoms with Gasteiger partial charge in [0.15, 0.2) is 6.10 Å². The first-order chi connectivity index (χ1) is 10.9. The van der Waals surface area contributed by atoms with E-state index in [1.165, 1.54) is 5.56 Å². The van der Waals surface area contributed by atoms with Crippen molar-refractivity contribution in [3.8, 4) is 0 Å². The normalized spacial score (nSPS) is 32.4. The van der Waals surface area contributed by atoms with Gasteiger partial charge in [-0.3, -0.25) is 8.98 Å². The molecule has 1 aliphatic carbocycles. The third-order valence-electron chi connectivity index (χ3n) is 5.32. The molecule has 0 N–H and O–H groups in total. The van der Waals surface area contributed by atoms with Crippen molar-refractivity contribution in [2.75, 3.05) is 12.8 Å². The number of benzene rings is 1. The van der Waals surface area contributed by atoms with E-state index in [0.29, 0.717) is 19.4 Å². The van der Waals surface area contributed by atoms with E-state index >= 15 is 0 Å². The number of rotatable bonds is 2. The van der Waals surface area contributed by atoms with Gasteiger partial charge in [-0.25, -0.2) is 0 Å². The van der Waals surface area contributed by atoms with Gasteiger partial charge in [0.1, 0.15) is 0 Å². The monoisotopic (exact) mass is 333 g/mol. The Hall–Kier alpha value is -1.66. The van der Waals surface area contributed by atoms with Crippen LogP contribution in [-0.4, -0.2) is 38.1 Å². The van der Waals surface area contributed by atoms with Gasteiger partial charge >= 0.3 is 0 Å². The number of allylic oxidation sites excluding steroid dienone is 1. The van der Waals surface area contributed by atoms with Crippen LogP contribution in [-0.2, 0) is 31.1 Å². The summed E-state index contributed by atoms with van der Waals surface area (Å²) in [5, 5.41) is 0. The average Bonchev–Trinajstić information content (AvgIpc) is 2.76. The molecular formula is C17H19NO4S. The van der Waals surface area contributed by atoms with Crippen LogP contribution in [0.5, 0.6) is 0 Å². The van der Waals surface area contributed by atoms with Crippen LogP contribution >= 0.6 is 0 Å². The van der Waals surface area contributed by atoms with Crippen LogP contribution in [0.15, 0.2) is 36.4 Å². The summed E-state index contributed by atoms with van der Waals surface area (Å²) < 4.78 is 28.5. The van der Waals surface area contributed by atoms with Gasteiger partial charge in [-0.15, -0.1) is 0 Å². The third kappa shape index (κ3) is 2.08. The molecule has 1 fully saturated rings. The average molecular weight is 333 g/mol. The van der Waals surface area contributed by atoms with Crippen LogP contribution < -0.4 is 0 Å². The standard InChI is InChI=1S/C17H19NO4S/c1-23(20,21)22-15-14-8-4-5-10-17(14)13-7-3-2-6-12(13)9-11-18(17)16(15)19/h2-7,14-15H,8-11H2,1H3/t14-,15-,17+/m0/s1. The topological polar surface area (TPSA) is 63.7 Å². The SMILES string of the molecule is CS(=O)(=O)O[C@@H]1C(=O)N2CCc3ccccc3[C@@]23CC=CC[C@@H]13. The molecular weight excluding hydrogens is 314 g/mol. The quantitative estimate of drug-likeness (QED) is 0.609. The summed E-state index contributed by atoms with van der Waals surface area (Å²) in [7, 11) is -3.69. The van der Waals surface area contributed by atoms with Crippen LogP contribution in [0, 0.1) is 5.92 Å². The lowest BCUT2D eigenvalue weighted by atomic mass is 9.68. The summed E-state index contributed by atoms with van der Waals surface area (Å²) in [6.07, 6.45) is 6.38. The predicted molar refractivity (Wildman–Crippen MR) is 85.1 cm³/mol. The number of carbonyl (C=O) groups is 1. The Morgan fingerprint density at radius 2 is 2.04 bits per heavy atom. The lowest BCUT2D eigenvalue weighted by Gasteiger charge is -2.47. The second-order valence-corrected chi connectivity index (χ2v) is 8.16. The van der Waals surface area contributed by atoms with Crippen molar-refractivity contribution in [1.82, 2.24) is 4.90 Å². The smallest absolute Gasteiger partial charge is 0.265 e. The Bertz CT molecular complexity index is 801. The number of nitrogens with zero attached hydrogens (tertiary/aromatic N) is 1. The molecule has 1 aromatic carbocycles. The fourth-order valence-corrected chi connectivity index (χ4v) is 5.11. The maximum absolute atomic E-state index is 12.9. The largest absolute Gasteiger partial charge is 0.330 e. The summed E-state index contributed by atoms with van der Waals surface area (Å²) in [6, 6.07) is 8.18. The van der Waals surface area contributed by atoms with Gasteiger partial charge in [0, 0.05) is 12.5 Å². The second-order valence-electron chi connectivity index (χ2n) is 6.56. The Balaban J connectivity index is 1.89. The highest BCUT2D eigenvalue weighted by Crippen LogP contribution is 2.54. The summed E-state index contributed by atoms with van der Waals surface area (Å²) in [4.78, 5) is 14.8. The zero-order chi connectivity index (χ0) is 16.2. The first kappa shape index (κ1) is 14.9. The van der Waals surface area contributed by atoms with E-state index < -0.39 is 21.8 Å². The fraction of sp³-hybridized carbons (Fsp3) is 0.471. The zero-order valence-electron chi connectivity index (χ0n) is 12.9. The van der Waals surface area contributed by atoms with Gasteiger partial charge in [0.25, 0.3) is 16.0 Å². The molecule has 0 unspecified atom stereocenters. The van der Waals surface area contributed by atoms with Crippen molar-refractivity contribution >= 4 is 16.0 Å². The van der Waals surface area contributed by atoms with Crippen molar-refractivity contribution in [2.24, 2.45) is 5.92 Å². The minimum Gasteiger partial charge on any atom is -0.330 e. The molecule has 0 aromatic heterocycles. The van der Waals surface area contributed by atoms with E-state index in [0.717, 1.165) is 18.2 Å². The molecule has 1 amide bonds. The molecule has 0 bridgehead atoms. The summed E-state index contributed by atoms with van der Waals surface area (Å²) in [5.41, 5.74) is 1.93. The number of fused-ring (bicyclic) bond motifs is 1. The number of carbonyl (C=O) groups excluding carboxylic acids is 1. The van der Waals surface area contributed by atoms with Gasteiger partial charge in [0.2, 0.25) is 0 Å². The third-order valence-corrected chi connectivity index (χ3v) is 5.88. The Kier molecular flexibility index (Phi) is 3.19. The highest BCUT2D eigenvalue weighted by Gasteiger charge is 2.61. The van der Waals surface area contributed by atoms with Crippen LogP contribution in [0.4, 0.5) is 0 Å². The molecule has 1 aromatic rings. The van der Waals surface area contributed by atoms with E-state index in [4.69, 9.17) is 4.18 Å². The van der Waals surface area contributed by atoms with Crippen molar-refractivity contribution in [3.63, 3.8) is 0 Å². The molecule has 1 spiro atoms. The molecule has 1 saturated heterocycles. The van der Waals surface area contributed by atoms with E-state index in [-0.39, 0.29) is 11.8 Å². The summed E-state index contributed by atoms with van der Waals surface area (Å²) in [6.45, 7) is 0.615. The highest BCUT2D eigenvalue weighted by atomic mass is 32.2. The van der Waals surface area contributed by atoms with Gasteiger partial charge in [-0.2, -0.15) is 8.42 Å². The zero-order valence-corrected chi connectivity index (χ0v) is 13.8. The van der Waals surface area contributed by atoms with Crippen LogP contribution in [0.1, 0.15) is 24.0 Å². The Morgan fingerprint density at radius 3 is 2.83 bits per heavy atom. The minimum absolute atomic E-state index is 0.170. The molecule has 0 saturated carbocycles. The maximum atomic E-state index is 12.9. The molecule has 2 aliphatic heterocycles. The first-order valence-corrected chi connectivity index (χ1v) is 9.68. The number of hydrogen-bond donors (Lipinski definition) is 0. The van der Waals surface area contributed by atoms with Gasteiger partial charge < -0.3 is 4.90 Å². The fourth-order valence-electron chi connectivity index (χ4n) is 4.51. The molecule has 6 heteroatoms. The lowest BCUT2D eigenvalue weighted by molar-refractivity contribution is -0.136. The highest BCUT2D eigenvalue weighted by molar-refractivity contribution is 7.86. The minimum atomic E-state index is -3.69. The molecule has 0 radical (unpaired) electrons. The van der Waals surface area contributed by atoms with E-state index in [2.05, 4.69) is 18.2 Å². The van der Waals surface area contributed by atoms with Crippen LogP contribution in [0.3, 0.4) is 0 Å². The molecule has 122 valence electrons. The second kappa shape index (κ2) is 4.92. The molecule has 3 aliphatic rings. The molecule has 4 rings (SSSR count). The molecule has 23 heavy (non-hydrogen) atoms. The van der Waals surface area contributed by atoms with E-state index in [1.807, 2.05) is 23.1 Å². The lowest BCUT2D eigenvalue weighted by Crippen LogP contribution is -2.51. The molecule has 5 nitrogen and oxygen atoms in total. The summed E-state index contributed by atoms with van der Waals surface area (Å²) in [5.74, 6) is -0.366. The van der Waals surface area contributed by atoms with E-state index in [1.54, 1.807) is 0 Å². The molecule has 3 atom stereocenters. The van der Waals surface area contributed by atoms with Crippen molar-refractivity contribution in [2.45, 2.75) is 30.9 Å². The van der Waals surface area contributed by atoms with Crippen molar-refractivity contribution < 1.29 is 17.4 Å². The summed E-state index contributed by atoms with van der Waals surface area (Å²) >= 11 is 0. The van der Waals surface area contributed by atoms with Crippen molar-refractivity contribution in [1.29, 1.82) is 0 Å². The Labute approximate surface area is 136 Å². The van der Waals surface area contributed by atoms with Crippen LogP contribution in [0.2, 0.25) is 0 Å². The van der Waals surface area contributed by atoms with Gasteiger partial charge in [-0.05, 0) is 30.4 Å². The first-order valence-electron chi connectivity index (χ1n) is 7.86. The Morgan fingerprint density at radius 1 is 1.26 bits per heavy atom. The maximum Gasteiger partial charge on any atom is 0.265 e. The molecule has 2 heterocycles.